The molecule has 0 aliphatic rings. The number of aromatic amines is 1. The summed E-state index contributed by atoms with van der Waals surface area (Å²) in [6.45, 7) is 4.10. The van der Waals surface area contributed by atoms with Gasteiger partial charge in [0.2, 0.25) is 5.91 Å². The Labute approximate surface area is 173 Å². The number of carbonyl (C=O) groups excluding carboxylic acids is 1. The molecule has 1 heterocycles. The summed E-state index contributed by atoms with van der Waals surface area (Å²) >= 11 is 0. The van der Waals surface area contributed by atoms with Crippen molar-refractivity contribution in [2.75, 3.05) is 0 Å². The normalized spacial score (nSPS) is 10.8. The van der Waals surface area contributed by atoms with Crippen LogP contribution in [0.2, 0.25) is 0 Å². The van der Waals surface area contributed by atoms with Gasteiger partial charge in [-0.05, 0) is 55.8 Å². The van der Waals surface area contributed by atoms with Crippen molar-refractivity contribution in [3.8, 4) is 17.1 Å². The lowest BCUT2D eigenvalue weighted by Crippen LogP contribution is -2.25. The average molecular weight is 410 g/mol. The zero-order chi connectivity index (χ0) is 21.5. The van der Waals surface area contributed by atoms with E-state index in [1.165, 1.54) is 12.1 Å². The summed E-state index contributed by atoms with van der Waals surface area (Å²) in [5, 5.41) is 10.7. The van der Waals surface area contributed by atoms with Gasteiger partial charge in [0.05, 0.1) is 6.10 Å². The Balaban J connectivity index is 1.56. The Bertz CT molecular complexity index is 1060. The van der Waals surface area contributed by atoms with E-state index in [9.17, 15) is 14.0 Å². The Morgan fingerprint density at radius 2 is 1.93 bits per heavy atom. The van der Waals surface area contributed by atoms with Crippen molar-refractivity contribution < 1.29 is 13.9 Å². The highest BCUT2D eigenvalue weighted by atomic mass is 19.1. The van der Waals surface area contributed by atoms with Crippen LogP contribution in [0.5, 0.6) is 5.75 Å². The Hall–Kier alpha value is -3.55. The minimum absolute atomic E-state index is 0.0702. The fraction of sp³-hybridized carbons (Fsp3) is 0.273. The van der Waals surface area contributed by atoms with E-state index in [1.807, 2.05) is 13.8 Å². The molecule has 30 heavy (non-hydrogen) atoms. The van der Waals surface area contributed by atoms with Crippen molar-refractivity contribution in [2.24, 2.45) is 0 Å². The van der Waals surface area contributed by atoms with Crippen LogP contribution in [0.1, 0.15) is 31.5 Å². The van der Waals surface area contributed by atoms with Gasteiger partial charge in [0.15, 0.2) is 5.82 Å². The van der Waals surface area contributed by atoms with Crippen LogP contribution < -0.4 is 15.6 Å². The third-order valence-electron chi connectivity index (χ3n) is 4.23. The van der Waals surface area contributed by atoms with E-state index in [-0.39, 0.29) is 48.5 Å². The molecule has 0 aliphatic carbocycles. The van der Waals surface area contributed by atoms with Crippen LogP contribution in [0, 0.1) is 5.82 Å². The lowest BCUT2D eigenvalue weighted by molar-refractivity contribution is -0.121. The number of hydrogen-bond donors (Lipinski definition) is 2. The number of ether oxygens (including phenoxy) is 1. The molecule has 0 radical (unpaired) electrons. The zero-order valence-corrected chi connectivity index (χ0v) is 16.8. The van der Waals surface area contributed by atoms with Crippen molar-refractivity contribution in [2.45, 2.75) is 39.3 Å². The molecule has 0 fully saturated rings. The lowest BCUT2D eigenvalue weighted by Gasteiger charge is -2.09. The number of nitrogens with zero attached hydrogens (tertiary/aromatic N) is 2. The molecule has 156 valence electrons. The monoisotopic (exact) mass is 410 g/mol. The van der Waals surface area contributed by atoms with Crippen LogP contribution in [0.4, 0.5) is 4.39 Å². The highest BCUT2D eigenvalue weighted by molar-refractivity contribution is 5.76. The number of aryl methyl sites for hydroxylation is 1. The van der Waals surface area contributed by atoms with Crippen LogP contribution >= 0.6 is 0 Å². The number of benzene rings is 2. The van der Waals surface area contributed by atoms with Crippen molar-refractivity contribution in [3.63, 3.8) is 0 Å². The third-order valence-corrected chi connectivity index (χ3v) is 4.23. The maximum absolute atomic E-state index is 13.2. The van der Waals surface area contributed by atoms with E-state index in [0.717, 1.165) is 5.75 Å². The molecule has 3 rings (SSSR count). The number of nitrogens with one attached hydrogen (secondary N) is 2. The highest BCUT2D eigenvalue weighted by Gasteiger charge is 2.10. The largest absolute Gasteiger partial charge is 0.491 e. The van der Waals surface area contributed by atoms with Crippen molar-refractivity contribution in [1.29, 1.82) is 0 Å². The predicted molar refractivity (Wildman–Crippen MR) is 110 cm³/mol. The first-order valence-electron chi connectivity index (χ1n) is 9.65. The van der Waals surface area contributed by atoms with Crippen LogP contribution in [-0.4, -0.2) is 27.2 Å². The summed E-state index contributed by atoms with van der Waals surface area (Å²) in [6.07, 6.45) is 0.299. The van der Waals surface area contributed by atoms with Gasteiger partial charge >= 0.3 is 0 Å². The Kier molecular flexibility index (Phi) is 6.90. The van der Waals surface area contributed by atoms with E-state index >= 15 is 0 Å². The SMILES string of the molecule is CC(C)Oc1ccc(-c2nnc(CCC(=O)NCc3cccc(F)c3)c(=O)[nH]2)cc1. The lowest BCUT2D eigenvalue weighted by atomic mass is 10.2. The van der Waals surface area contributed by atoms with Crippen molar-refractivity contribution >= 4 is 5.91 Å². The molecular formula is C22H23FN4O3. The molecule has 0 bridgehead atoms. The van der Waals surface area contributed by atoms with E-state index in [1.54, 1.807) is 36.4 Å². The van der Waals surface area contributed by atoms with E-state index < -0.39 is 0 Å². The zero-order valence-electron chi connectivity index (χ0n) is 16.8. The molecular weight excluding hydrogens is 387 g/mol. The summed E-state index contributed by atoms with van der Waals surface area (Å²) in [5.41, 5.74) is 1.16. The molecule has 0 aliphatic heterocycles. The fourth-order valence-electron chi connectivity index (χ4n) is 2.79. The summed E-state index contributed by atoms with van der Waals surface area (Å²) in [6, 6.07) is 13.2. The van der Waals surface area contributed by atoms with Gasteiger partial charge in [0.25, 0.3) is 5.56 Å². The number of hydrogen-bond acceptors (Lipinski definition) is 5. The second kappa shape index (κ2) is 9.78. The first-order chi connectivity index (χ1) is 14.4. The molecule has 8 heteroatoms. The fourth-order valence-corrected chi connectivity index (χ4v) is 2.79. The van der Waals surface area contributed by atoms with Crippen molar-refractivity contribution in [3.05, 3.63) is 76.0 Å². The highest BCUT2D eigenvalue weighted by Crippen LogP contribution is 2.19. The van der Waals surface area contributed by atoms with Gasteiger partial charge in [-0.2, -0.15) is 0 Å². The smallest absolute Gasteiger partial charge is 0.273 e. The topological polar surface area (TPSA) is 97.0 Å². The van der Waals surface area contributed by atoms with E-state index in [4.69, 9.17) is 4.74 Å². The van der Waals surface area contributed by atoms with Gasteiger partial charge in [0, 0.05) is 24.9 Å². The number of H-pyrrole nitrogens is 1. The number of rotatable bonds is 8. The molecule has 0 saturated carbocycles. The molecule has 0 spiro atoms. The summed E-state index contributed by atoms with van der Waals surface area (Å²) in [7, 11) is 0. The van der Waals surface area contributed by atoms with Crippen molar-refractivity contribution in [1.82, 2.24) is 20.5 Å². The number of carbonyl (C=O) groups is 1. The molecule has 7 nitrogen and oxygen atoms in total. The molecule has 2 aromatic carbocycles. The summed E-state index contributed by atoms with van der Waals surface area (Å²) in [4.78, 5) is 27.0. The Morgan fingerprint density at radius 1 is 1.17 bits per heavy atom. The minimum atomic E-state index is -0.388. The average Bonchev–Trinajstić information content (AvgIpc) is 2.71. The summed E-state index contributed by atoms with van der Waals surface area (Å²) in [5.74, 6) is 0.455. The van der Waals surface area contributed by atoms with Gasteiger partial charge in [0.1, 0.15) is 17.3 Å². The van der Waals surface area contributed by atoms with E-state index in [0.29, 0.717) is 17.0 Å². The van der Waals surface area contributed by atoms with Crippen LogP contribution in [0.25, 0.3) is 11.4 Å². The van der Waals surface area contributed by atoms with E-state index in [2.05, 4.69) is 20.5 Å². The van der Waals surface area contributed by atoms with Crippen LogP contribution in [0.3, 0.4) is 0 Å². The van der Waals surface area contributed by atoms with Gasteiger partial charge in [-0.15, -0.1) is 10.2 Å². The maximum Gasteiger partial charge on any atom is 0.273 e. The molecule has 2 N–H and O–H groups in total. The van der Waals surface area contributed by atoms with Gasteiger partial charge in [-0.1, -0.05) is 12.1 Å². The predicted octanol–water partition coefficient (Wildman–Crippen LogP) is 3.01. The third kappa shape index (κ3) is 5.97. The maximum atomic E-state index is 13.2. The molecule has 0 atom stereocenters. The minimum Gasteiger partial charge on any atom is -0.491 e. The standard InChI is InChI=1S/C22H23FN4O3/c1-14(2)30-18-8-6-16(7-9-18)21-25-22(29)19(26-27-21)10-11-20(28)24-13-15-4-3-5-17(23)12-15/h3-9,12,14H,10-11,13H2,1-2H3,(H,24,28)(H,25,27,29). The second-order valence-electron chi connectivity index (χ2n) is 7.05. The molecule has 0 unspecified atom stereocenters. The summed E-state index contributed by atoms with van der Waals surface area (Å²) < 4.78 is 18.7. The number of aromatic nitrogens is 3. The van der Waals surface area contributed by atoms with Gasteiger partial charge in [-0.3, -0.25) is 9.59 Å². The number of halogens is 1. The quantitative estimate of drug-likeness (QED) is 0.595. The molecule has 1 aromatic heterocycles. The number of amides is 1. The molecule has 3 aromatic rings. The first-order valence-corrected chi connectivity index (χ1v) is 9.65. The van der Waals surface area contributed by atoms with Crippen LogP contribution in [-0.2, 0) is 17.8 Å². The Morgan fingerprint density at radius 3 is 2.60 bits per heavy atom. The van der Waals surface area contributed by atoms with Crippen LogP contribution in [0.15, 0.2) is 53.3 Å². The second-order valence-corrected chi connectivity index (χ2v) is 7.05. The van der Waals surface area contributed by atoms with Gasteiger partial charge in [-0.25, -0.2) is 4.39 Å². The first kappa shape index (κ1) is 21.2. The molecule has 1 amide bonds. The van der Waals surface area contributed by atoms with Gasteiger partial charge < -0.3 is 15.0 Å². The molecule has 0 saturated heterocycles.